The molecule has 0 saturated carbocycles. The van der Waals surface area contributed by atoms with E-state index in [1.54, 1.807) is 36.4 Å². The van der Waals surface area contributed by atoms with Crippen LogP contribution in [0, 0.1) is 5.92 Å². The summed E-state index contributed by atoms with van der Waals surface area (Å²) in [5, 5.41) is 3.39. The van der Waals surface area contributed by atoms with Crippen LogP contribution in [0.5, 0.6) is 0 Å². The number of amides is 1. The molecule has 1 aliphatic heterocycles. The molecule has 8 nitrogen and oxygen atoms in total. The number of nitrogens with one attached hydrogen (secondary N) is 2. The lowest BCUT2D eigenvalue weighted by molar-refractivity contribution is -0.120. The molecule has 3 aromatic carbocycles. The SMILES string of the molecule is O=C(Nc1ccc(S(=O)(=O)Nc2ccc(Br)cc2)cc1)C1CCCN(S(=O)(=O)Cc2ccc(Cl)c(Cl)c2)C1. The zero-order valence-electron chi connectivity index (χ0n) is 19.9. The summed E-state index contributed by atoms with van der Waals surface area (Å²) >= 11 is 15.2. The maximum atomic E-state index is 13.0. The predicted octanol–water partition coefficient (Wildman–Crippen LogP) is 5.74. The Labute approximate surface area is 240 Å². The fraction of sp³-hybridized carbons (Fsp3) is 0.240. The van der Waals surface area contributed by atoms with Crippen molar-refractivity contribution in [1.82, 2.24) is 4.31 Å². The maximum Gasteiger partial charge on any atom is 0.261 e. The first kappa shape index (κ1) is 28.8. The van der Waals surface area contributed by atoms with Crippen molar-refractivity contribution in [2.24, 2.45) is 5.92 Å². The number of rotatable bonds is 8. The van der Waals surface area contributed by atoms with Gasteiger partial charge in [-0.1, -0.05) is 45.2 Å². The van der Waals surface area contributed by atoms with Crippen LogP contribution in [-0.4, -0.2) is 40.1 Å². The zero-order valence-corrected chi connectivity index (χ0v) is 24.6. The number of sulfonamides is 2. The van der Waals surface area contributed by atoms with E-state index in [1.807, 2.05) is 0 Å². The summed E-state index contributed by atoms with van der Waals surface area (Å²) in [6, 6.07) is 17.2. The number of benzene rings is 3. The van der Waals surface area contributed by atoms with Crippen LogP contribution in [0.2, 0.25) is 10.0 Å². The molecule has 2 N–H and O–H groups in total. The molecule has 38 heavy (non-hydrogen) atoms. The van der Waals surface area contributed by atoms with Crippen molar-refractivity contribution in [3.8, 4) is 0 Å². The Kier molecular flexibility index (Phi) is 9.06. The molecule has 1 aliphatic rings. The molecule has 1 unspecified atom stereocenters. The van der Waals surface area contributed by atoms with Crippen LogP contribution in [-0.2, 0) is 30.6 Å². The molecule has 1 saturated heterocycles. The molecule has 1 heterocycles. The second kappa shape index (κ2) is 11.9. The summed E-state index contributed by atoms with van der Waals surface area (Å²) in [6.45, 7) is 0.379. The van der Waals surface area contributed by atoms with Gasteiger partial charge in [0.1, 0.15) is 0 Å². The summed E-state index contributed by atoms with van der Waals surface area (Å²) < 4.78 is 56.0. The van der Waals surface area contributed by atoms with Crippen LogP contribution < -0.4 is 10.0 Å². The van der Waals surface area contributed by atoms with Crippen molar-refractivity contribution in [3.63, 3.8) is 0 Å². The average molecular weight is 661 g/mol. The van der Waals surface area contributed by atoms with Crippen LogP contribution in [0.4, 0.5) is 11.4 Å². The fourth-order valence-electron chi connectivity index (χ4n) is 4.03. The number of halogens is 3. The van der Waals surface area contributed by atoms with Crippen LogP contribution in [0.1, 0.15) is 18.4 Å². The second-order valence-corrected chi connectivity index (χ2v) is 14.2. The van der Waals surface area contributed by atoms with Gasteiger partial charge in [0.05, 0.1) is 26.6 Å². The quantitative estimate of drug-likeness (QED) is 0.320. The molecule has 0 aliphatic carbocycles. The topological polar surface area (TPSA) is 113 Å². The van der Waals surface area contributed by atoms with Gasteiger partial charge in [-0.25, -0.2) is 21.1 Å². The molecule has 1 amide bonds. The second-order valence-electron chi connectivity index (χ2n) is 8.83. The highest BCUT2D eigenvalue weighted by Gasteiger charge is 2.32. The van der Waals surface area contributed by atoms with Crippen molar-refractivity contribution in [3.05, 3.63) is 86.8 Å². The molecular weight excluding hydrogens is 637 g/mol. The van der Waals surface area contributed by atoms with Gasteiger partial charge >= 0.3 is 0 Å². The van der Waals surface area contributed by atoms with Gasteiger partial charge in [0, 0.05) is 28.9 Å². The largest absolute Gasteiger partial charge is 0.326 e. The van der Waals surface area contributed by atoms with Crippen LogP contribution in [0.25, 0.3) is 0 Å². The number of piperidine rings is 1. The minimum absolute atomic E-state index is 0.0376. The third-order valence-electron chi connectivity index (χ3n) is 6.01. The standard InChI is InChI=1S/C25H24BrCl2N3O5S2/c26-19-4-6-21(7-5-19)30-38(35,36)22-10-8-20(9-11-22)29-25(32)18-2-1-13-31(15-18)37(33,34)16-17-3-12-23(27)24(28)14-17/h3-12,14,18,30H,1-2,13,15-16H2,(H,29,32). The molecule has 3 aromatic rings. The minimum Gasteiger partial charge on any atom is -0.326 e. The predicted molar refractivity (Wildman–Crippen MR) is 153 cm³/mol. The summed E-state index contributed by atoms with van der Waals surface area (Å²) in [5.41, 5.74) is 1.34. The maximum absolute atomic E-state index is 13.0. The highest BCUT2D eigenvalue weighted by atomic mass is 79.9. The van der Waals surface area contributed by atoms with Crippen molar-refractivity contribution in [2.75, 3.05) is 23.1 Å². The number of hydrogen-bond donors (Lipinski definition) is 2. The molecule has 0 radical (unpaired) electrons. The summed E-state index contributed by atoms with van der Waals surface area (Å²) in [4.78, 5) is 13.0. The zero-order chi connectivity index (χ0) is 27.5. The van der Waals surface area contributed by atoms with Gasteiger partial charge < -0.3 is 5.32 Å². The molecular formula is C25H24BrCl2N3O5S2. The molecule has 1 atom stereocenters. The molecule has 0 spiro atoms. The third-order valence-corrected chi connectivity index (χ3v) is 10.5. The number of hydrogen-bond acceptors (Lipinski definition) is 5. The Balaban J connectivity index is 1.38. The van der Waals surface area contributed by atoms with Gasteiger partial charge in [0.25, 0.3) is 10.0 Å². The van der Waals surface area contributed by atoms with E-state index in [0.717, 1.165) is 4.47 Å². The van der Waals surface area contributed by atoms with E-state index in [4.69, 9.17) is 23.2 Å². The Bertz CT molecular complexity index is 1530. The van der Waals surface area contributed by atoms with Crippen molar-refractivity contribution in [2.45, 2.75) is 23.5 Å². The lowest BCUT2D eigenvalue weighted by Gasteiger charge is -2.31. The van der Waals surface area contributed by atoms with Crippen molar-refractivity contribution in [1.29, 1.82) is 0 Å². The number of carbonyl (C=O) groups is 1. The van der Waals surface area contributed by atoms with Gasteiger partial charge in [-0.05, 0) is 79.1 Å². The van der Waals surface area contributed by atoms with Gasteiger partial charge in [-0.15, -0.1) is 0 Å². The molecule has 0 aromatic heterocycles. The van der Waals surface area contributed by atoms with E-state index in [2.05, 4.69) is 26.0 Å². The van der Waals surface area contributed by atoms with E-state index in [1.165, 1.54) is 34.6 Å². The summed E-state index contributed by atoms with van der Waals surface area (Å²) in [7, 11) is -7.49. The summed E-state index contributed by atoms with van der Waals surface area (Å²) in [6.07, 6.45) is 1.08. The summed E-state index contributed by atoms with van der Waals surface area (Å²) in [5.74, 6) is -1.12. The van der Waals surface area contributed by atoms with Crippen LogP contribution in [0.15, 0.2) is 76.1 Å². The van der Waals surface area contributed by atoms with E-state index in [0.29, 0.717) is 41.3 Å². The van der Waals surface area contributed by atoms with Gasteiger partial charge in [0.2, 0.25) is 15.9 Å². The smallest absolute Gasteiger partial charge is 0.261 e. The van der Waals surface area contributed by atoms with Crippen molar-refractivity contribution >= 4 is 76.5 Å². The highest BCUT2D eigenvalue weighted by Crippen LogP contribution is 2.27. The van der Waals surface area contributed by atoms with Gasteiger partial charge in [0.15, 0.2) is 0 Å². The molecule has 13 heteroatoms. The Morgan fingerprint density at radius 1 is 0.921 bits per heavy atom. The normalized spacial score (nSPS) is 16.7. The van der Waals surface area contributed by atoms with E-state index < -0.39 is 26.0 Å². The first-order chi connectivity index (χ1) is 17.9. The van der Waals surface area contributed by atoms with E-state index >= 15 is 0 Å². The average Bonchev–Trinajstić information content (AvgIpc) is 2.88. The first-order valence-corrected chi connectivity index (χ1v) is 16.2. The Morgan fingerprint density at radius 2 is 1.58 bits per heavy atom. The Hall–Kier alpha value is -2.15. The number of nitrogens with zero attached hydrogens (tertiary/aromatic N) is 1. The van der Waals surface area contributed by atoms with Crippen LogP contribution >= 0.6 is 39.1 Å². The monoisotopic (exact) mass is 659 g/mol. The lowest BCUT2D eigenvalue weighted by atomic mass is 9.99. The highest BCUT2D eigenvalue weighted by molar-refractivity contribution is 9.10. The minimum atomic E-state index is -3.81. The van der Waals surface area contributed by atoms with Crippen LogP contribution in [0.3, 0.4) is 0 Å². The first-order valence-electron chi connectivity index (χ1n) is 11.5. The van der Waals surface area contributed by atoms with Gasteiger partial charge in [-0.2, -0.15) is 0 Å². The van der Waals surface area contributed by atoms with E-state index in [-0.39, 0.29) is 28.1 Å². The fourth-order valence-corrected chi connectivity index (χ4v) is 7.28. The molecule has 0 bridgehead atoms. The van der Waals surface area contributed by atoms with E-state index in [9.17, 15) is 21.6 Å². The number of carbonyl (C=O) groups excluding carboxylic acids is 1. The lowest BCUT2D eigenvalue weighted by Crippen LogP contribution is -2.44. The molecule has 1 fully saturated rings. The molecule has 4 rings (SSSR count). The third kappa shape index (κ3) is 7.28. The van der Waals surface area contributed by atoms with Crippen molar-refractivity contribution < 1.29 is 21.6 Å². The molecule has 202 valence electrons. The Morgan fingerprint density at radius 3 is 2.24 bits per heavy atom. The number of anilines is 2. The van der Waals surface area contributed by atoms with Gasteiger partial charge in [-0.3, -0.25) is 9.52 Å².